The number of phenols is 1. The van der Waals surface area contributed by atoms with Crippen LogP contribution in [0.4, 0.5) is 0 Å². The second-order valence-corrected chi connectivity index (χ2v) is 5.01. The Bertz CT molecular complexity index is 1150. The molecular formula is C16H9N5O3. The van der Waals surface area contributed by atoms with Gasteiger partial charge in [0.25, 0.3) is 5.56 Å². The molecule has 2 N–H and O–H groups in total. The fourth-order valence-corrected chi connectivity index (χ4v) is 2.43. The van der Waals surface area contributed by atoms with Gasteiger partial charge in [-0.05, 0) is 18.2 Å². The average molecular weight is 319 g/mol. The second kappa shape index (κ2) is 5.10. The van der Waals surface area contributed by atoms with E-state index in [1.807, 2.05) is 6.07 Å². The zero-order valence-electron chi connectivity index (χ0n) is 12.1. The van der Waals surface area contributed by atoms with Crippen molar-refractivity contribution < 1.29 is 9.52 Å². The first-order valence-electron chi connectivity index (χ1n) is 6.92. The molecule has 3 heterocycles. The molecular weight excluding hydrogens is 310 g/mol. The number of phenolic OH excluding ortho intramolecular Hbond substituents is 1. The molecule has 0 aliphatic rings. The van der Waals surface area contributed by atoms with Gasteiger partial charge in [-0.1, -0.05) is 0 Å². The van der Waals surface area contributed by atoms with Gasteiger partial charge >= 0.3 is 0 Å². The van der Waals surface area contributed by atoms with E-state index in [0.29, 0.717) is 28.4 Å². The number of aromatic nitrogens is 4. The van der Waals surface area contributed by atoms with Crippen LogP contribution >= 0.6 is 0 Å². The van der Waals surface area contributed by atoms with Crippen LogP contribution in [0.3, 0.4) is 0 Å². The Labute approximate surface area is 134 Å². The standard InChI is InChI=1S/C16H9N5O3/c17-7-10-5-9(1-2-13(10)22)12-6-14(23)21-15(20-12)11(8-19-21)16-18-3-4-24-16/h1-6,8,19,22H. The Balaban J connectivity index is 1.96. The lowest BCUT2D eigenvalue weighted by atomic mass is 10.1. The van der Waals surface area contributed by atoms with Gasteiger partial charge in [-0.15, -0.1) is 0 Å². The van der Waals surface area contributed by atoms with Crippen molar-refractivity contribution in [3.63, 3.8) is 0 Å². The predicted molar refractivity (Wildman–Crippen MR) is 83.1 cm³/mol. The highest BCUT2D eigenvalue weighted by atomic mass is 16.3. The van der Waals surface area contributed by atoms with Crippen LogP contribution in [0.1, 0.15) is 5.56 Å². The fourth-order valence-electron chi connectivity index (χ4n) is 2.43. The number of hydrogen-bond acceptors (Lipinski definition) is 6. The van der Waals surface area contributed by atoms with E-state index in [1.165, 1.54) is 35.2 Å². The summed E-state index contributed by atoms with van der Waals surface area (Å²) in [4.78, 5) is 20.8. The van der Waals surface area contributed by atoms with Crippen molar-refractivity contribution in [2.45, 2.75) is 0 Å². The summed E-state index contributed by atoms with van der Waals surface area (Å²) in [5, 5.41) is 21.4. The molecule has 116 valence electrons. The Morgan fingerprint density at radius 1 is 1.33 bits per heavy atom. The SMILES string of the molecule is N#Cc1cc(-c2cc(=O)n3[nH]cc(-c4ncco4)c3n2)ccc1O. The quantitative estimate of drug-likeness (QED) is 0.582. The molecule has 3 aromatic heterocycles. The number of hydrogen-bond donors (Lipinski definition) is 2. The predicted octanol–water partition coefficient (Wildman–Crippen LogP) is 1.92. The Hall–Kier alpha value is -3.86. The number of H-pyrrole nitrogens is 1. The molecule has 4 rings (SSSR count). The van der Waals surface area contributed by atoms with Gasteiger partial charge in [0, 0.05) is 17.8 Å². The maximum absolute atomic E-state index is 12.3. The van der Waals surface area contributed by atoms with Gasteiger partial charge in [0.1, 0.15) is 18.1 Å². The summed E-state index contributed by atoms with van der Waals surface area (Å²) in [6, 6.07) is 7.70. The second-order valence-electron chi connectivity index (χ2n) is 5.01. The zero-order chi connectivity index (χ0) is 16.7. The minimum atomic E-state index is -0.320. The van der Waals surface area contributed by atoms with Crippen molar-refractivity contribution >= 4 is 5.65 Å². The number of fused-ring (bicyclic) bond motifs is 1. The lowest BCUT2D eigenvalue weighted by molar-refractivity contribution is 0.473. The zero-order valence-corrected chi connectivity index (χ0v) is 12.1. The molecule has 0 aliphatic carbocycles. The third-order valence-electron chi connectivity index (χ3n) is 3.57. The number of nitriles is 1. The summed E-state index contributed by atoms with van der Waals surface area (Å²) < 4.78 is 6.53. The molecule has 24 heavy (non-hydrogen) atoms. The first kappa shape index (κ1) is 13.8. The van der Waals surface area contributed by atoms with Crippen molar-refractivity contribution in [2.75, 3.05) is 0 Å². The van der Waals surface area contributed by atoms with Crippen molar-refractivity contribution in [1.29, 1.82) is 5.26 Å². The highest BCUT2D eigenvalue weighted by molar-refractivity contribution is 5.74. The van der Waals surface area contributed by atoms with Crippen LogP contribution in [0.5, 0.6) is 5.75 Å². The normalized spacial score (nSPS) is 10.8. The molecule has 0 unspecified atom stereocenters. The molecule has 0 saturated heterocycles. The van der Waals surface area contributed by atoms with Crippen molar-refractivity contribution in [3.8, 4) is 34.5 Å². The maximum Gasteiger partial charge on any atom is 0.273 e. The third-order valence-corrected chi connectivity index (χ3v) is 3.57. The smallest absolute Gasteiger partial charge is 0.273 e. The van der Waals surface area contributed by atoms with Crippen LogP contribution in [0, 0.1) is 11.3 Å². The summed E-state index contributed by atoms with van der Waals surface area (Å²) >= 11 is 0. The number of oxazole rings is 1. The van der Waals surface area contributed by atoms with E-state index < -0.39 is 0 Å². The molecule has 0 atom stereocenters. The minimum Gasteiger partial charge on any atom is -0.507 e. The van der Waals surface area contributed by atoms with Crippen molar-refractivity contribution in [3.05, 3.63) is 58.8 Å². The van der Waals surface area contributed by atoms with Gasteiger partial charge in [0.05, 0.1) is 23.0 Å². The summed E-state index contributed by atoms with van der Waals surface area (Å²) in [5.41, 5.74) is 1.60. The van der Waals surface area contributed by atoms with Crippen molar-refractivity contribution in [2.24, 2.45) is 0 Å². The summed E-state index contributed by atoms with van der Waals surface area (Å²) in [7, 11) is 0. The van der Waals surface area contributed by atoms with E-state index in [4.69, 9.17) is 9.68 Å². The van der Waals surface area contributed by atoms with E-state index in [1.54, 1.807) is 12.3 Å². The van der Waals surface area contributed by atoms with Crippen LogP contribution in [-0.2, 0) is 0 Å². The molecule has 0 amide bonds. The Kier molecular flexibility index (Phi) is 2.93. The molecule has 0 bridgehead atoms. The van der Waals surface area contributed by atoms with Crippen LogP contribution in [-0.4, -0.2) is 24.7 Å². The van der Waals surface area contributed by atoms with E-state index in [9.17, 15) is 9.90 Å². The Morgan fingerprint density at radius 3 is 2.96 bits per heavy atom. The molecule has 8 nitrogen and oxygen atoms in total. The van der Waals surface area contributed by atoms with Gasteiger partial charge in [0.15, 0.2) is 5.65 Å². The highest BCUT2D eigenvalue weighted by Crippen LogP contribution is 2.26. The number of nitrogens with zero attached hydrogens (tertiary/aromatic N) is 4. The molecule has 1 aromatic carbocycles. The van der Waals surface area contributed by atoms with Crippen molar-refractivity contribution in [1.82, 2.24) is 19.6 Å². The molecule has 0 radical (unpaired) electrons. The van der Waals surface area contributed by atoms with Gasteiger partial charge < -0.3 is 9.52 Å². The fraction of sp³-hybridized carbons (Fsp3) is 0. The summed E-state index contributed by atoms with van der Waals surface area (Å²) in [6.45, 7) is 0. The van der Waals surface area contributed by atoms with Gasteiger partial charge in [0.2, 0.25) is 5.89 Å². The van der Waals surface area contributed by atoms with Crippen LogP contribution in [0.15, 0.2) is 52.1 Å². The topological polar surface area (TPSA) is 120 Å². The largest absolute Gasteiger partial charge is 0.507 e. The van der Waals surface area contributed by atoms with Crippen LogP contribution < -0.4 is 5.56 Å². The number of aromatic amines is 1. The molecule has 0 fully saturated rings. The van der Waals surface area contributed by atoms with Gasteiger partial charge in [-0.25, -0.2) is 14.5 Å². The first-order chi connectivity index (χ1) is 11.7. The van der Waals surface area contributed by atoms with Crippen LogP contribution in [0.25, 0.3) is 28.4 Å². The molecule has 4 aromatic rings. The third kappa shape index (κ3) is 2.04. The maximum atomic E-state index is 12.3. The van der Waals surface area contributed by atoms with Crippen LogP contribution in [0.2, 0.25) is 0 Å². The number of nitrogens with one attached hydrogen (secondary N) is 1. The summed E-state index contributed by atoms with van der Waals surface area (Å²) in [6.07, 6.45) is 4.51. The Morgan fingerprint density at radius 2 is 2.21 bits per heavy atom. The lowest BCUT2D eigenvalue weighted by Crippen LogP contribution is -2.14. The highest BCUT2D eigenvalue weighted by Gasteiger charge is 2.15. The summed E-state index contributed by atoms with van der Waals surface area (Å²) in [5.74, 6) is 0.211. The van der Waals surface area contributed by atoms with E-state index in [0.717, 1.165) is 0 Å². The number of benzene rings is 1. The van der Waals surface area contributed by atoms with Gasteiger partial charge in [-0.3, -0.25) is 9.89 Å². The lowest BCUT2D eigenvalue weighted by Gasteiger charge is -2.04. The molecule has 0 aliphatic heterocycles. The van der Waals surface area contributed by atoms with E-state index >= 15 is 0 Å². The van der Waals surface area contributed by atoms with E-state index in [-0.39, 0.29) is 16.9 Å². The number of rotatable bonds is 2. The average Bonchev–Trinajstić information content (AvgIpc) is 3.24. The number of aromatic hydroxyl groups is 1. The molecule has 0 saturated carbocycles. The molecule has 0 spiro atoms. The molecule has 8 heteroatoms. The van der Waals surface area contributed by atoms with Gasteiger partial charge in [-0.2, -0.15) is 5.26 Å². The minimum absolute atomic E-state index is 0.108. The van der Waals surface area contributed by atoms with E-state index in [2.05, 4.69) is 15.1 Å². The first-order valence-corrected chi connectivity index (χ1v) is 6.92. The monoisotopic (exact) mass is 319 g/mol.